The van der Waals surface area contributed by atoms with Crippen molar-refractivity contribution in [2.45, 2.75) is 84.1 Å². The first-order chi connectivity index (χ1) is 12.1. The number of aliphatic imine (C=N–C) groups is 1. The molecular formula is C20H39IN4O. The first kappa shape index (κ1) is 22.2. The van der Waals surface area contributed by atoms with E-state index in [4.69, 9.17) is 9.73 Å². The highest BCUT2D eigenvalue weighted by molar-refractivity contribution is 14.0. The van der Waals surface area contributed by atoms with E-state index in [9.17, 15) is 0 Å². The molecule has 0 radical (unpaired) electrons. The topological polar surface area (TPSA) is 48.9 Å². The second-order valence-electron chi connectivity index (χ2n) is 8.61. The van der Waals surface area contributed by atoms with E-state index in [1.807, 2.05) is 0 Å². The van der Waals surface area contributed by atoms with Gasteiger partial charge < -0.3 is 15.4 Å². The fourth-order valence-electron chi connectivity index (χ4n) is 4.58. The highest BCUT2D eigenvalue weighted by Gasteiger charge is 2.41. The van der Waals surface area contributed by atoms with Crippen LogP contribution in [0.25, 0.3) is 0 Å². The summed E-state index contributed by atoms with van der Waals surface area (Å²) in [5.74, 6) is 2.48. The number of rotatable bonds is 6. The van der Waals surface area contributed by atoms with Crippen molar-refractivity contribution in [1.29, 1.82) is 0 Å². The second-order valence-corrected chi connectivity index (χ2v) is 8.61. The molecule has 5 nitrogen and oxygen atoms in total. The van der Waals surface area contributed by atoms with Gasteiger partial charge in [-0.05, 0) is 64.0 Å². The lowest BCUT2D eigenvalue weighted by molar-refractivity contribution is 0.0991. The number of piperidine rings is 1. The minimum absolute atomic E-state index is 0. The van der Waals surface area contributed by atoms with Crippen LogP contribution in [0.5, 0.6) is 0 Å². The SMILES string of the molecule is CCNC(=NCC(C(C)C)N1CCC(C)CC1)NC1CC2CCC1O2.I. The minimum atomic E-state index is 0. The summed E-state index contributed by atoms with van der Waals surface area (Å²) in [7, 11) is 0. The van der Waals surface area contributed by atoms with E-state index in [1.54, 1.807) is 0 Å². The Labute approximate surface area is 177 Å². The third-order valence-electron chi connectivity index (χ3n) is 6.27. The Morgan fingerprint density at radius 1 is 1.19 bits per heavy atom. The number of nitrogens with zero attached hydrogens (tertiary/aromatic N) is 2. The van der Waals surface area contributed by atoms with Crippen molar-refractivity contribution in [3.63, 3.8) is 0 Å². The summed E-state index contributed by atoms with van der Waals surface area (Å²) in [4.78, 5) is 7.64. The lowest BCUT2D eigenvalue weighted by atomic mass is 9.94. The smallest absolute Gasteiger partial charge is 0.191 e. The molecule has 0 aromatic rings. The molecular weight excluding hydrogens is 439 g/mol. The third kappa shape index (κ3) is 5.71. The van der Waals surface area contributed by atoms with Crippen molar-refractivity contribution in [3.05, 3.63) is 0 Å². The van der Waals surface area contributed by atoms with Gasteiger partial charge in [-0.1, -0.05) is 20.8 Å². The molecule has 0 saturated carbocycles. The minimum Gasteiger partial charge on any atom is -0.373 e. The molecule has 2 bridgehead atoms. The average molecular weight is 478 g/mol. The molecule has 3 aliphatic rings. The van der Waals surface area contributed by atoms with E-state index in [0.717, 1.165) is 31.4 Å². The zero-order valence-electron chi connectivity index (χ0n) is 17.0. The van der Waals surface area contributed by atoms with E-state index in [-0.39, 0.29) is 24.0 Å². The van der Waals surface area contributed by atoms with Crippen molar-refractivity contribution in [3.8, 4) is 0 Å². The molecule has 3 aliphatic heterocycles. The van der Waals surface area contributed by atoms with E-state index >= 15 is 0 Å². The molecule has 152 valence electrons. The Bertz CT molecular complexity index is 451. The Morgan fingerprint density at radius 3 is 2.46 bits per heavy atom. The number of likely N-dealkylation sites (tertiary alicyclic amines) is 1. The number of nitrogens with one attached hydrogen (secondary N) is 2. The quantitative estimate of drug-likeness (QED) is 0.350. The molecule has 0 aromatic carbocycles. The molecule has 0 spiro atoms. The van der Waals surface area contributed by atoms with Crippen LogP contribution in [0.15, 0.2) is 4.99 Å². The Balaban J connectivity index is 0.00000243. The van der Waals surface area contributed by atoms with Crippen LogP contribution in [-0.4, -0.2) is 61.3 Å². The van der Waals surface area contributed by atoms with Gasteiger partial charge in [0.1, 0.15) is 0 Å². The van der Waals surface area contributed by atoms with Crippen molar-refractivity contribution in [2.24, 2.45) is 16.8 Å². The summed E-state index contributed by atoms with van der Waals surface area (Å²) in [6.07, 6.45) is 7.08. The Hall–Kier alpha value is -0.0800. The van der Waals surface area contributed by atoms with E-state index < -0.39 is 0 Å². The van der Waals surface area contributed by atoms with Gasteiger partial charge in [0.05, 0.1) is 24.8 Å². The van der Waals surface area contributed by atoms with Crippen molar-refractivity contribution >= 4 is 29.9 Å². The van der Waals surface area contributed by atoms with Gasteiger partial charge >= 0.3 is 0 Å². The molecule has 4 unspecified atom stereocenters. The maximum Gasteiger partial charge on any atom is 0.191 e. The molecule has 4 atom stereocenters. The number of halogens is 1. The van der Waals surface area contributed by atoms with Crippen LogP contribution in [0.1, 0.15) is 59.8 Å². The first-order valence-electron chi connectivity index (χ1n) is 10.5. The molecule has 0 amide bonds. The predicted octanol–water partition coefficient (Wildman–Crippen LogP) is 3.24. The van der Waals surface area contributed by atoms with Gasteiger partial charge in [-0.15, -0.1) is 24.0 Å². The summed E-state index contributed by atoms with van der Waals surface area (Å²) in [6, 6.07) is 0.976. The highest BCUT2D eigenvalue weighted by atomic mass is 127. The maximum absolute atomic E-state index is 5.98. The normalized spacial score (nSPS) is 31.1. The molecule has 0 aromatic heterocycles. The Morgan fingerprint density at radius 2 is 1.92 bits per heavy atom. The molecule has 3 heterocycles. The van der Waals surface area contributed by atoms with E-state index in [2.05, 4.69) is 43.2 Å². The predicted molar refractivity (Wildman–Crippen MR) is 119 cm³/mol. The van der Waals surface area contributed by atoms with Gasteiger partial charge in [0.15, 0.2) is 5.96 Å². The van der Waals surface area contributed by atoms with Crippen LogP contribution in [-0.2, 0) is 4.74 Å². The van der Waals surface area contributed by atoms with Gasteiger partial charge in [-0.25, -0.2) is 0 Å². The fourth-order valence-corrected chi connectivity index (χ4v) is 4.58. The van der Waals surface area contributed by atoms with Crippen LogP contribution >= 0.6 is 24.0 Å². The zero-order chi connectivity index (χ0) is 17.8. The number of fused-ring (bicyclic) bond motifs is 2. The molecule has 6 heteroatoms. The van der Waals surface area contributed by atoms with Gasteiger partial charge in [0.2, 0.25) is 0 Å². The second kappa shape index (κ2) is 10.5. The molecule has 0 aliphatic carbocycles. The first-order valence-corrected chi connectivity index (χ1v) is 10.5. The standard InChI is InChI=1S/C20H38N4O.HI/c1-5-21-20(23-17-12-16-6-7-19(17)25-16)22-13-18(14(2)3)24-10-8-15(4)9-11-24;/h14-19H,5-13H2,1-4H3,(H2,21,22,23);1H. The highest BCUT2D eigenvalue weighted by Crippen LogP contribution is 2.34. The van der Waals surface area contributed by atoms with Gasteiger partial charge in [0, 0.05) is 12.6 Å². The van der Waals surface area contributed by atoms with Crippen LogP contribution in [0.3, 0.4) is 0 Å². The van der Waals surface area contributed by atoms with Gasteiger partial charge in [-0.3, -0.25) is 9.89 Å². The van der Waals surface area contributed by atoms with Crippen LogP contribution in [0.4, 0.5) is 0 Å². The Kier molecular flexibility index (Phi) is 8.94. The number of ether oxygens (including phenoxy) is 1. The number of guanidine groups is 1. The van der Waals surface area contributed by atoms with Crippen LogP contribution in [0, 0.1) is 11.8 Å². The van der Waals surface area contributed by atoms with Gasteiger partial charge in [-0.2, -0.15) is 0 Å². The third-order valence-corrected chi connectivity index (χ3v) is 6.27. The maximum atomic E-state index is 5.98. The van der Waals surface area contributed by atoms with Crippen molar-refractivity contribution in [1.82, 2.24) is 15.5 Å². The largest absolute Gasteiger partial charge is 0.373 e. The van der Waals surface area contributed by atoms with Gasteiger partial charge in [0.25, 0.3) is 0 Å². The average Bonchev–Trinajstić information content (AvgIpc) is 3.19. The molecule has 3 fully saturated rings. The molecule has 26 heavy (non-hydrogen) atoms. The molecule has 3 rings (SSSR count). The van der Waals surface area contributed by atoms with E-state index in [1.165, 1.54) is 38.8 Å². The van der Waals surface area contributed by atoms with Crippen molar-refractivity contribution in [2.75, 3.05) is 26.2 Å². The molecule has 2 N–H and O–H groups in total. The number of hydrogen-bond acceptors (Lipinski definition) is 3. The lowest BCUT2D eigenvalue weighted by Gasteiger charge is -2.38. The van der Waals surface area contributed by atoms with Crippen LogP contribution < -0.4 is 10.6 Å². The summed E-state index contributed by atoms with van der Waals surface area (Å²) < 4.78 is 5.98. The zero-order valence-corrected chi connectivity index (χ0v) is 19.4. The lowest BCUT2D eigenvalue weighted by Crippen LogP contribution is -2.49. The summed E-state index contributed by atoms with van der Waals surface area (Å²) in [6.45, 7) is 13.4. The summed E-state index contributed by atoms with van der Waals surface area (Å²) in [5.41, 5.74) is 0. The fraction of sp³-hybridized carbons (Fsp3) is 0.950. The molecule has 3 saturated heterocycles. The monoisotopic (exact) mass is 478 g/mol. The number of hydrogen-bond donors (Lipinski definition) is 2. The summed E-state index contributed by atoms with van der Waals surface area (Å²) >= 11 is 0. The van der Waals surface area contributed by atoms with E-state index in [0.29, 0.717) is 30.2 Å². The van der Waals surface area contributed by atoms with Crippen LogP contribution in [0.2, 0.25) is 0 Å². The van der Waals surface area contributed by atoms with Crippen molar-refractivity contribution < 1.29 is 4.74 Å². The summed E-state index contributed by atoms with van der Waals surface area (Å²) in [5, 5.41) is 7.09.